The predicted molar refractivity (Wildman–Crippen MR) is 125 cm³/mol. The Hall–Kier alpha value is -3.17. The van der Waals surface area contributed by atoms with E-state index in [9.17, 15) is 13.2 Å². The molecule has 1 aliphatic heterocycles. The Labute approximate surface area is 193 Å². The highest BCUT2D eigenvalue weighted by Gasteiger charge is 2.36. The summed E-state index contributed by atoms with van der Waals surface area (Å²) in [5.41, 5.74) is 2.25. The average molecular weight is 470 g/mol. The van der Waals surface area contributed by atoms with Gasteiger partial charge in [0.25, 0.3) is 0 Å². The maximum atomic E-state index is 13.3. The highest BCUT2D eigenvalue weighted by atomic mass is 32.2. The van der Waals surface area contributed by atoms with Crippen LogP contribution in [0.1, 0.15) is 42.5 Å². The van der Waals surface area contributed by atoms with E-state index >= 15 is 0 Å². The van der Waals surface area contributed by atoms with E-state index in [2.05, 4.69) is 17.4 Å². The van der Waals surface area contributed by atoms with Crippen molar-refractivity contribution in [1.29, 1.82) is 0 Å². The molecule has 0 bridgehead atoms. The van der Waals surface area contributed by atoms with Crippen molar-refractivity contribution in [3.8, 4) is 0 Å². The summed E-state index contributed by atoms with van der Waals surface area (Å²) in [6, 6.07) is 11.3. The van der Waals surface area contributed by atoms with Crippen LogP contribution in [0, 0.1) is 12.8 Å². The summed E-state index contributed by atoms with van der Waals surface area (Å²) in [4.78, 5) is 12.7. The number of amides is 1. The Morgan fingerprint density at radius 1 is 1.18 bits per heavy atom. The summed E-state index contributed by atoms with van der Waals surface area (Å²) in [5, 5.41) is 6.80. The number of furan rings is 1. The summed E-state index contributed by atoms with van der Waals surface area (Å²) in [6.45, 7) is 4.18. The highest BCUT2D eigenvalue weighted by Crippen LogP contribution is 2.29. The van der Waals surface area contributed by atoms with E-state index in [-0.39, 0.29) is 35.6 Å². The number of benzene rings is 1. The molecule has 0 spiro atoms. The third-order valence-corrected chi connectivity index (χ3v) is 7.89. The van der Waals surface area contributed by atoms with Crippen molar-refractivity contribution in [2.45, 2.75) is 38.0 Å². The van der Waals surface area contributed by atoms with Crippen LogP contribution in [0.3, 0.4) is 0 Å². The average Bonchev–Trinajstić information content (AvgIpc) is 3.48. The van der Waals surface area contributed by atoms with E-state index in [0.717, 1.165) is 12.1 Å². The Kier molecular flexibility index (Phi) is 6.80. The summed E-state index contributed by atoms with van der Waals surface area (Å²) >= 11 is 0. The SMILES string of the molecule is CCc1ccc(NC(=O)C2CCN(S(=O)(=O)c3c(C)noc3/C=C/c3ccco3)CC2)cc1. The number of aromatic nitrogens is 1. The molecule has 0 radical (unpaired) electrons. The second kappa shape index (κ2) is 9.76. The molecule has 174 valence electrons. The van der Waals surface area contributed by atoms with Gasteiger partial charge in [0, 0.05) is 24.7 Å². The van der Waals surface area contributed by atoms with Gasteiger partial charge < -0.3 is 14.3 Å². The number of anilines is 1. The number of sulfonamides is 1. The van der Waals surface area contributed by atoms with Gasteiger partial charge in [-0.25, -0.2) is 8.42 Å². The molecule has 0 atom stereocenters. The molecule has 1 amide bonds. The Bertz CT molecular complexity index is 1220. The van der Waals surface area contributed by atoms with Crippen molar-refractivity contribution in [3.63, 3.8) is 0 Å². The Balaban J connectivity index is 1.42. The van der Waals surface area contributed by atoms with Gasteiger partial charge in [0.2, 0.25) is 15.9 Å². The van der Waals surface area contributed by atoms with Crippen molar-refractivity contribution in [2.75, 3.05) is 18.4 Å². The first-order valence-electron chi connectivity index (χ1n) is 11.0. The number of hydrogen-bond donors (Lipinski definition) is 1. The zero-order chi connectivity index (χ0) is 23.4. The maximum absolute atomic E-state index is 13.3. The van der Waals surface area contributed by atoms with E-state index in [0.29, 0.717) is 24.3 Å². The fraction of sp³-hybridized carbons (Fsp3) is 0.333. The van der Waals surface area contributed by atoms with Crippen LogP contribution in [0.4, 0.5) is 5.69 Å². The molecule has 3 aromatic rings. The Morgan fingerprint density at radius 2 is 1.91 bits per heavy atom. The van der Waals surface area contributed by atoms with Gasteiger partial charge in [-0.2, -0.15) is 4.31 Å². The molecule has 1 N–H and O–H groups in total. The normalized spacial score (nSPS) is 15.8. The number of carbonyl (C=O) groups is 1. The van der Waals surface area contributed by atoms with Crippen LogP contribution in [-0.2, 0) is 21.2 Å². The van der Waals surface area contributed by atoms with Crippen LogP contribution in [-0.4, -0.2) is 36.9 Å². The van der Waals surface area contributed by atoms with Crippen molar-refractivity contribution < 1.29 is 22.2 Å². The maximum Gasteiger partial charge on any atom is 0.248 e. The van der Waals surface area contributed by atoms with Crippen LogP contribution in [0.2, 0.25) is 0 Å². The van der Waals surface area contributed by atoms with Gasteiger partial charge in [0.15, 0.2) is 10.7 Å². The first kappa shape index (κ1) is 23.0. The molecular weight excluding hydrogens is 442 g/mol. The topological polar surface area (TPSA) is 106 Å². The first-order valence-corrected chi connectivity index (χ1v) is 12.4. The van der Waals surface area contributed by atoms with Crippen LogP contribution in [0.25, 0.3) is 12.2 Å². The molecule has 3 heterocycles. The monoisotopic (exact) mass is 469 g/mol. The molecule has 1 aromatic carbocycles. The number of piperidine rings is 1. The van der Waals surface area contributed by atoms with Crippen LogP contribution < -0.4 is 5.32 Å². The minimum Gasteiger partial charge on any atom is -0.465 e. The standard InChI is InChI=1S/C24H27N3O5S/c1-3-18-6-8-20(9-7-18)25-24(28)19-12-14-27(15-13-19)33(29,30)23-17(2)26-32-22(23)11-10-21-5-4-16-31-21/h4-11,16,19H,3,12-15H2,1-2H3,(H,25,28)/b11-10+. The largest absolute Gasteiger partial charge is 0.465 e. The molecule has 4 rings (SSSR count). The molecular formula is C24H27N3O5S. The van der Waals surface area contributed by atoms with Crippen LogP contribution in [0.5, 0.6) is 0 Å². The lowest BCUT2D eigenvalue weighted by Gasteiger charge is -2.30. The summed E-state index contributed by atoms with van der Waals surface area (Å²) in [7, 11) is -3.82. The van der Waals surface area contributed by atoms with Gasteiger partial charge in [0.1, 0.15) is 11.5 Å². The van der Waals surface area contributed by atoms with Crippen molar-refractivity contribution in [3.05, 3.63) is 65.4 Å². The molecule has 0 aliphatic carbocycles. The molecule has 1 aliphatic rings. The molecule has 2 aromatic heterocycles. The van der Waals surface area contributed by atoms with E-state index < -0.39 is 10.0 Å². The number of rotatable bonds is 7. The highest BCUT2D eigenvalue weighted by molar-refractivity contribution is 7.89. The van der Waals surface area contributed by atoms with Crippen molar-refractivity contribution in [2.24, 2.45) is 5.92 Å². The van der Waals surface area contributed by atoms with Gasteiger partial charge >= 0.3 is 0 Å². The van der Waals surface area contributed by atoms with Gasteiger partial charge in [-0.3, -0.25) is 4.79 Å². The lowest BCUT2D eigenvalue weighted by Crippen LogP contribution is -2.41. The number of carbonyl (C=O) groups excluding carboxylic acids is 1. The van der Waals surface area contributed by atoms with Gasteiger partial charge in [0.05, 0.1) is 6.26 Å². The Morgan fingerprint density at radius 3 is 2.55 bits per heavy atom. The molecule has 0 saturated carbocycles. The summed E-state index contributed by atoms with van der Waals surface area (Å²) in [6.07, 6.45) is 6.52. The number of nitrogens with zero attached hydrogens (tertiary/aromatic N) is 2. The van der Waals surface area contributed by atoms with E-state index in [1.165, 1.54) is 22.2 Å². The fourth-order valence-electron chi connectivity index (χ4n) is 3.90. The summed E-state index contributed by atoms with van der Waals surface area (Å²) in [5.74, 6) is 0.395. The molecule has 0 unspecified atom stereocenters. The second-order valence-corrected chi connectivity index (χ2v) is 9.90. The lowest BCUT2D eigenvalue weighted by atomic mass is 9.97. The second-order valence-electron chi connectivity index (χ2n) is 8.03. The zero-order valence-electron chi connectivity index (χ0n) is 18.7. The first-order chi connectivity index (χ1) is 15.9. The number of hydrogen-bond acceptors (Lipinski definition) is 6. The molecule has 1 saturated heterocycles. The molecule has 9 heteroatoms. The lowest BCUT2D eigenvalue weighted by molar-refractivity contribution is -0.120. The zero-order valence-corrected chi connectivity index (χ0v) is 19.5. The van der Waals surface area contributed by atoms with Crippen LogP contribution >= 0.6 is 0 Å². The van der Waals surface area contributed by atoms with Gasteiger partial charge in [-0.05, 0) is 68.2 Å². The number of aryl methyl sites for hydroxylation is 2. The van der Waals surface area contributed by atoms with Crippen LogP contribution in [0.15, 0.2) is 56.5 Å². The smallest absolute Gasteiger partial charge is 0.248 e. The third kappa shape index (κ3) is 5.09. The van der Waals surface area contributed by atoms with E-state index in [1.54, 1.807) is 25.1 Å². The quantitative estimate of drug-likeness (QED) is 0.552. The number of nitrogens with one attached hydrogen (secondary N) is 1. The minimum atomic E-state index is -3.82. The molecule has 33 heavy (non-hydrogen) atoms. The predicted octanol–water partition coefficient (Wildman–Crippen LogP) is 4.35. The van der Waals surface area contributed by atoms with E-state index in [4.69, 9.17) is 8.94 Å². The van der Waals surface area contributed by atoms with Crippen molar-refractivity contribution >= 4 is 33.8 Å². The minimum absolute atomic E-state index is 0.0456. The van der Waals surface area contributed by atoms with Gasteiger partial charge in [-0.15, -0.1) is 0 Å². The molecule has 1 fully saturated rings. The fourth-order valence-corrected chi connectivity index (χ4v) is 5.62. The van der Waals surface area contributed by atoms with Gasteiger partial charge in [-0.1, -0.05) is 24.2 Å². The molecule has 8 nitrogen and oxygen atoms in total. The van der Waals surface area contributed by atoms with Crippen molar-refractivity contribution in [1.82, 2.24) is 9.46 Å². The third-order valence-electron chi connectivity index (χ3n) is 5.83. The summed E-state index contributed by atoms with van der Waals surface area (Å²) < 4.78 is 38.6. The van der Waals surface area contributed by atoms with E-state index in [1.807, 2.05) is 24.3 Å².